The Morgan fingerprint density at radius 2 is 2.50 bits per heavy atom. The number of aromatic nitrogens is 1. The molecule has 0 bridgehead atoms. The maximum absolute atomic E-state index is 11.6. The van der Waals surface area contributed by atoms with Crippen LogP contribution in [0, 0.1) is 11.8 Å². The second-order valence-electron chi connectivity index (χ2n) is 4.27. The molecule has 1 saturated carbocycles. The van der Waals surface area contributed by atoms with E-state index < -0.39 is 0 Å². The van der Waals surface area contributed by atoms with Crippen LogP contribution in [0.2, 0.25) is 0 Å². The Morgan fingerprint density at radius 3 is 3.25 bits per heavy atom. The number of amides is 1. The van der Waals surface area contributed by atoms with Crippen LogP contribution in [0.3, 0.4) is 0 Å². The van der Waals surface area contributed by atoms with Gasteiger partial charge in [-0.1, -0.05) is 12.2 Å². The van der Waals surface area contributed by atoms with Crippen molar-refractivity contribution in [2.45, 2.75) is 12.8 Å². The minimum absolute atomic E-state index is 0.174. The zero-order chi connectivity index (χ0) is 11.0. The normalized spacial score (nSPS) is 28.9. The van der Waals surface area contributed by atoms with Crippen LogP contribution >= 0.6 is 0 Å². The molecule has 1 heterocycles. The standard InChI is InChI=1S/C12H13N3O/c16-12(10-5-2-6-13-10)15-14-11-7-8-3-1-4-9(8)11/h1-3,5-6,8-9,13H,4,7H2,(H,15,16)/b14-11-/t8-,9+/m0/s1. The fraction of sp³-hybridized carbons (Fsp3) is 0.333. The summed E-state index contributed by atoms with van der Waals surface area (Å²) < 4.78 is 0. The van der Waals surface area contributed by atoms with Gasteiger partial charge in [-0.2, -0.15) is 5.10 Å². The van der Waals surface area contributed by atoms with Crippen LogP contribution in [0.4, 0.5) is 0 Å². The number of rotatable bonds is 2. The summed E-state index contributed by atoms with van der Waals surface area (Å²) >= 11 is 0. The van der Waals surface area contributed by atoms with Crippen molar-refractivity contribution in [3.63, 3.8) is 0 Å². The average Bonchev–Trinajstić information content (AvgIpc) is 2.88. The van der Waals surface area contributed by atoms with E-state index in [2.05, 4.69) is 27.7 Å². The highest BCUT2D eigenvalue weighted by Gasteiger charge is 2.37. The lowest BCUT2D eigenvalue weighted by Gasteiger charge is -2.31. The first-order chi connectivity index (χ1) is 7.84. The number of nitrogens with one attached hydrogen (secondary N) is 2. The minimum Gasteiger partial charge on any atom is -0.357 e. The van der Waals surface area contributed by atoms with E-state index in [0.29, 0.717) is 17.5 Å². The number of hydrogen-bond acceptors (Lipinski definition) is 2. The molecule has 2 aliphatic rings. The van der Waals surface area contributed by atoms with Gasteiger partial charge in [0.25, 0.3) is 5.91 Å². The van der Waals surface area contributed by atoms with Crippen LogP contribution in [-0.4, -0.2) is 16.6 Å². The summed E-state index contributed by atoms with van der Waals surface area (Å²) in [6, 6.07) is 3.53. The molecule has 1 aromatic rings. The molecule has 1 amide bonds. The molecule has 0 saturated heterocycles. The molecular weight excluding hydrogens is 202 g/mol. The largest absolute Gasteiger partial charge is 0.357 e. The van der Waals surface area contributed by atoms with Crippen LogP contribution in [0.15, 0.2) is 35.6 Å². The average molecular weight is 215 g/mol. The predicted molar refractivity (Wildman–Crippen MR) is 61.0 cm³/mol. The quantitative estimate of drug-likeness (QED) is 0.572. The first-order valence-corrected chi connectivity index (χ1v) is 5.51. The summed E-state index contributed by atoms with van der Waals surface area (Å²) in [5.41, 5.74) is 4.26. The van der Waals surface area contributed by atoms with E-state index in [1.165, 1.54) is 0 Å². The van der Waals surface area contributed by atoms with Crippen LogP contribution < -0.4 is 5.43 Å². The SMILES string of the molecule is O=C(N/N=C1/C[C@@H]2C=CC[C@@H]12)c1ccc[nH]1. The van der Waals surface area contributed by atoms with Gasteiger partial charge >= 0.3 is 0 Å². The second-order valence-corrected chi connectivity index (χ2v) is 4.27. The molecule has 0 spiro atoms. The molecule has 0 aromatic carbocycles. The zero-order valence-corrected chi connectivity index (χ0v) is 8.81. The van der Waals surface area contributed by atoms with Crippen molar-refractivity contribution in [1.29, 1.82) is 0 Å². The van der Waals surface area contributed by atoms with Gasteiger partial charge in [0, 0.05) is 17.8 Å². The Morgan fingerprint density at radius 1 is 1.56 bits per heavy atom. The van der Waals surface area contributed by atoms with Crippen LogP contribution in [0.1, 0.15) is 23.3 Å². The number of carbonyl (C=O) groups excluding carboxylic acids is 1. The fourth-order valence-corrected chi connectivity index (χ4v) is 2.32. The number of nitrogens with zero attached hydrogens (tertiary/aromatic N) is 1. The van der Waals surface area contributed by atoms with Gasteiger partial charge in [-0.25, -0.2) is 5.43 Å². The van der Waals surface area contributed by atoms with E-state index in [-0.39, 0.29) is 5.91 Å². The molecular formula is C12H13N3O. The van der Waals surface area contributed by atoms with Gasteiger partial charge in [0.15, 0.2) is 0 Å². The number of carbonyl (C=O) groups is 1. The van der Waals surface area contributed by atoms with E-state index in [1.807, 2.05) is 0 Å². The highest BCUT2D eigenvalue weighted by atomic mass is 16.2. The number of hydrogen-bond donors (Lipinski definition) is 2. The van der Waals surface area contributed by atoms with Crippen molar-refractivity contribution in [1.82, 2.24) is 10.4 Å². The monoisotopic (exact) mass is 215 g/mol. The maximum atomic E-state index is 11.6. The van der Waals surface area contributed by atoms with Gasteiger partial charge < -0.3 is 4.98 Å². The Kier molecular flexibility index (Phi) is 2.13. The Balaban J connectivity index is 1.61. The van der Waals surface area contributed by atoms with Gasteiger partial charge in [0.05, 0.1) is 0 Å². The van der Waals surface area contributed by atoms with Crippen molar-refractivity contribution >= 4 is 11.6 Å². The highest BCUT2D eigenvalue weighted by molar-refractivity contribution is 5.97. The lowest BCUT2D eigenvalue weighted by Crippen LogP contribution is -2.35. The maximum Gasteiger partial charge on any atom is 0.287 e. The topological polar surface area (TPSA) is 57.2 Å². The van der Waals surface area contributed by atoms with Gasteiger partial charge in [0.2, 0.25) is 0 Å². The third-order valence-electron chi connectivity index (χ3n) is 3.31. The zero-order valence-electron chi connectivity index (χ0n) is 8.81. The van der Waals surface area contributed by atoms with E-state index in [4.69, 9.17) is 0 Å². The first-order valence-electron chi connectivity index (χ1n) is 5.51. The molecule has 2 N–H and O–H groups in total. The van der Waals surface area contributed by atoms with Gasteiger partial charge in [0.1, 0.15) is 5.69 Å². The van der Waals surface area contributed by atoms with Gasteiger partial charge in [-0.15, -0.1) is 0 Å². The number of H-pyrrole nitrogens is 1. The number of aromatic amines is 1. The molecule has 0 radical (unpaired) electrons. The second kappa shape index (κ2) is 3.63. The third-order valence-corrected chi connectivity index (χ3v) is 3.31. The molecule has 0 aliphatic heterocycles. The Labute approximate surface area is 93.4 Å². The lowest BCUT2D eigenvalue weighted by atomic mass is 9.74. The summed E-state index contributed by atoms with van der Waals surface area (Å²) in [4.78, 5) is 14.4. The molecule has 16 heavy (non-hydrogen) atoms. The molecule has 3 rings (SSSR count). The molecule has 4 heteroatoms. The van der Waals surface area contributed by atoms with Crippen molar-refractivity contribution < 1.29 is 4.79 Å². The number of fused-ring (bicyclic) bond motifs is 1. The highest BCUT2D eigenvalue weighted by Crippen LogP contribution is 2.39. The number of allylic oxidation sites excluding steroid dienone is 2. The Bertz CT molecular complexity index is 459. The summed E-state index contributed by atoms with van der Waals surface area (Å²) in [5, 5.41) is 4.19. The molecule has 82 valence electrons. The van der Waals surface area contributed by atoms with Crippen LogP contribution in [0.5, 0.6) is 0 Å². The number of hydrazone groups is 1. The summed E-state index contributed by atoms with van der Waals surface area (Å²) in [7, 11) is 0. The lowest BCUT2D eigenvalue weighted by molar-refractivity contribution is 0.0949. The molecule has 1 fully saturated rings. The fourth-order valence-electron chi connectivity index (χ4n) is 2.32. The van der Waals surface area contributed by atoms with E-state index in [0.717, 1.165) is 18.6 Å². The molecule has 0 unspecified atom stereocenters. The molecule has 2 atom stereocenters. The summed E-state index contributed by atoms with van der Waals surface area (Å²) in [6.45, 7) is 0. The summed E-state index contributed by atoms with van der Waals surface area (Å²) in [5.74, 6) is 1.04. The van der Waals surface area contributed by atoms with E-state index in [1.54, 1.807) is 18.3 Å². The van der Waals surface area contributed by atoms with Crippen LogP contribution in [-0.2, 0) is 0 Å². The predicted octanol–water partition coefficient (Wildman–Crippen LogP) is 1.70. The van der Waals surface area contributed by atoms with Crippen molar-refractivity contribution in [2.24, 2.45) is 16.9 Å². The molecule has 2 aliphatic carbocycles. The Hall–Kier alpha value is -1.84. The van der Waals surface area contributed by atoms with Crippen LogP contribution in [0.25, 0.3) is 0 Å². The van der Waals surface area contributed by atoms with Crippen molar-refractivity contribution in [3.05, 3.63) is 36.2 Å². The summed E-state index contributed by atoms with van der Waals surface area (Å²) in [6.07, 6.45) is 8.23. The van der Waals surface area contributed by atoms with Gasteiger partial charge in [-0.05, 0) is 30.9 Å². The first kappa shape index (κ1) is 9.39. The molecule has 1 aromatic heterocycles. The van der Waals surface area contributed by atoms with Crippen molar-refractivity contribution in [2.75, 3.05) is 0 Å². The van der Waals surface area contributed by atoms with E-state index in [9.17, 15) is 4.79 Å². The van der Waals surface area contributed by atoms with Gasteiger partial charge in [-0.3, -0.25) is 4.79 Å². The van der Waals surface area contributed by atoms with Crippen molar-refractivity contribution in [3.8, 4) is 0 Å². The third kappa shape index (κ3) is 1.46. The molecule has 4 nitrogen and oxygen atoms in total. The van der Waals surface area contributed by atoms with E-state index >= 15 is 0 Å². The smallest absolute Gasteiger partial charge is 0.287 e. The minimum atomic E-state index is -0.174.